The molecule has 1 aromatic heterocycles. The molecule has 0 bridgehead atoms. The van der Waals surface area contributed by atoms with Gasteiger partial charge in [0.1, 0.15) is 17.2 Å². The lowest BCUT2D eigenvalue weighted by Gasteiger charge is -2.13. The number of benzene rings is 3. The van der Waals surface area contributed by atoms with Crippen molar-refractivity contribution in [2.24, 2.45) is 0 Å². The lowest BCUT2D eigenvalue weighted by Crippen LogP contribution is -2.34. The first-order valence-corrected chi connectivity index (χ1v) is 11.4. The Labute approximate surface area is 217 Å². The number of aromatic nitrogens is 1. The number of anilines is 1. The van der Waals surface area contributed by atoms with E-state index in [0.29, 0.717) is 33.7 Å². The first-order valence-electron chi connectivity index (χ1n) is 10.9. The molecule has 0 radical (unpaired) electrons. The van der Waals surface area contributed by atoms with Crippen LogP contribution in [0.1, 0.15) is 15.9 Å². The number of methoxy groups -OCH3 is 2. The highest BCUT2D eigenvalue weighted by Gasteiger charge is 2.19. The van der Waals surface area contributed by atoms with E-state index in [0.717, 1.165) is 5.56 Å². The van der Waals surface area contributed by atoms with Crippen LogP contribution in [-0.2, 0) is 0 Å². The number of thiocarbonyl (C=S) groups is 1. The molecule has 0 saturated carbocycles. The molecule has 0 aliphatic rings. The molecule has 0 fully saturated rings. The van der Waals surface area contributed by atoms with Gasteiger partial charge in [0.2, 0.25) is 0 Å². The number of hydrogen-bond donors (Lipinski definition) is 2. The third kappa shape index (κ3) is 5.73. The SMILES string of the molecule is COc1cc2nccc(Oc3ccc(NC(=S)NC(=O)c4cccc(C)c4)c([N+](=O)[O-])c3)c2cc1OC. The maximum absolute atomic E-state index is 12.5. The van der Waals surface area contributed by atoms with Crippen LogP contribution in [0.25, 0.3) is 10.9 Å². The molecule has 0 aliphatic heterocycles. The van der Waals surface area contributed by atoms with Crippen molar-refractivity contribution in [3.63, 3.8) is 0 Å². The second-order valence-electron chi connectivity index (χ2n) is 7.85. The maximum Gasteiger partial charge on any atom is 0.296 e. The molecule has 1 amide bonds. The van der Waals surface area contributed by atoms with Gasteiger partial charge in [-0.25, -0.2) is 0 Å². The fourth-order valence-electron chi connectivity index (χ4n) is 3.61. The molecule has 0 aliphatic carbocycles. The number of carbonyl (C=O) groups is 1. The number of amides is 1. The number of hydrogen-bond acceptors (Lipinski definition) is 8. The van der Waals surface area contributed by atoms with E-state index in [1.807, 2.05) is 13.0 Å². The van der Waals surface area contributed by atoms with Gasteiger partial charge in [0, 0.05) is 23.2 Å². The Morgan fingerprint density at radius 1 is 1.00 bits per heavy atom. The first-order chi connectivity index (χ1) is 17.8. The summed E-state index contributed by atoms with van der Waals surface area (Å²) in [6.07, 6.45) is 1.56. The number of pyridine rings is 1. The number of fused-ring (bicyclic) bond motifs is 1. The summed E-state index contributed by atoms with van der Waals surface area (Å²) < 4.78 is 16.7. The molecule has 0 spiro atoms. The van der Waals surface area contributed by atoms with Crippen molar-refractivity contribution in [3.8, 4) is 23.0 Å². The van der Waals surface area contributed by atoms with E-state index < -0.39 is 10.8 Å². The zero-order valence-electron chi connectivity index (χ0n) is 20.1. The standard InChI is InChI=1S/C26H22N4O6S/c1-15-5-4-6-16(11-15)25(31)29-26(37)28-19-8-7-17(12-21(19)30(32)33)36-22-9-10-27-20-14-24(35-3)23(34-2)13-18(20)22/h4-14H,1-3H3,(H2,28,29,31,37). The molecule has 4 rings (SSSR count). The zero-order chi connectivity index (χ0) is 26.5. The summed E-state index contributed by atoms with van der Waals surface area (Å²) in [6, 6.07) is 16.3. The van der Waals surface area contributed by atoms with Crippen LogP contribution < -0.4 is 24.8 Å². The predicted octanol–water partition coefficient (Wildman–Crippen LogP) is 5.39. The van der Waals surface area contributed by atoms with Gasteiger partial charge < -0.3 is 19.5 Å². The van der Waals surface area contributed by atoms with Crippen molar-refractivity contribution < 1.29 is 23.9 Å². The van der Waals surface area contributed by atoms with E-state index in [1.165, 1.54) is 26.4 Å². The molecule has 188 valence electrons. The Morgan fingerprint density at radius 2 is 1.76 bits per heavy atom. The first kappa shape index (κ1) is 25.3. The Morgan fingerprint density at radius 3 is 2.46 bits per heavy atom. The van der Waals surface area contributed by atoms with Gasteiger partial charge in [-0.15, -0.1) is 0 Å². The molecular weight excluding hydrogens is 496 g/mol. The second-order valence-corrected chi connectivity index (χ2v) is 8.26. The average Bonchev–Trinajstić information content (AvgIpc) is 2.88. The molecule has 11 heteroatoms. The average molecular weight is 519 g/mol. The number of nitrogens with zero attached hydrogens (tertiary/aromatic N) is 2. The summed E-state index contributed by atoms with van der Waals surface area (Å²) in [7, 11) is 3.04. The largest absolute Gasteiger partial charge is 0.493 e. The van der Waals surface area contributed by atoms with E-state index >= 15 is 0 Å². The molecule has 0 unspecified atom stereocenters. The van der Waals surface area contributed by atoms with Gasteiger partial charge in [-0.2, -0.15) is 0 Å². The van der Waals surface area contributed by atoms with Crippen molar-refractivity contribution in [2.75, 3.05) is 19.5 Å². The number of aryl methyl sites for hydroxylation is 1. The Bertz CT molecular complexity index is 1520. The quantitative estimate of drug-likeness (QED) is 0.188. The third-order valence-corrected chi connectivity index (χ3v) is 5.56. The molecular formula is C26H22N4O6S. The van der Waals surface area contributed by atoms with Gasteiger partial charge in [-0.05, 0) is 55.5 Å². The fourth-order valence-corrected chi connectivity index (χ4v) is 3.81. The van der Waals surface area contributed by atoms with Crippen molar-refractivity contribution in [2.45, 2.75) is 6.92 Å². The highest BCUT2D eigenvalue weighted by atomic mass is 32.1. The van der Waals surface area contributed by atoms with Crippen LogP contribution in [0.5, 0.6) is 23.0 Å². The van der Waals surface area contributed by atoms with E-state index in [-0.39, 0.29) is 22.2 Å². The highest BCUT2D eigenvalue weighted by Crippen LogP contribution is 2.38. The molecule has 10 nitrogen and oxygen atoms in total. The number of carbonyl (C=O) groups excluding carboxylic acids is 1. The Hall–Kier alpha value is -4.77. The van der Waals surface area contributed by atoms with Crippen molar-refractivity contribution >= 4 is 45.5 Å². The van der Waals surface area contributed by atoms with Crippen LogP contribution in [0.2, 0.25) is 0 Å². The molecule has 3 aromatic carbocycles. The number of rotatable bonds is 7. The Balaban J connectivity index is 1.57. The normalized spacial score (nSPS) is 10.5. The van der Waals surface area contributed by atoms with Crippen molar-refractivity contribution in [3.05, 3.63) is 88.1 Å². The monoisotopic (exact) mass is 518 g/mol. The number of nitrogens with one attached hydrogen (secondary N) is 2. The second kappa shape index (κ2) is 10.9. The zero-order valence-corrected chi connectivity index (χ0v) is 20.9. The van der Waals surface area contributed by atoms with Gasteiger partial charge in [-0.1, -0.05) is 17.7 Å². The highest BCUT2D eigenvalue weighted by molar-refractivity contribution is 7.80. The topological polar surface area (TPSA) is 125 Å². The van der Waals surface area contributed by atoms with Crippen molar-refractivity contribution in [1.29, 1.82) is 0 Å². The minimum atomic E-state index is -0.571. The summed E-state index contributed by atoms with van der Waals surface area (Å²) in [5.41, 5.74) is 1.73. The van der Waals surface area contributed by atoms with Gasteiger partial charge in [-0.3, -0.25) is 25.2 Å². The number of nitro benzene ring substituents is 1. The fraction of sp³-hybridized carbons (Fsp3) is 0.115. The molecule has 4 aromatic rings. The summed E-state index contributed by atoms with van der Waals surface area (Å²) in [5, 5.41) is 17.6. The van der Waals surface area contributed by atoms with Gasteiger partial charge in [0.05, 0.1) is 30.7 Å². The lowest BCUT2D eigenvalue weighted by molar-refractivity contribution is -0.384. The van der Waals surface area contributed by atoms with Gasteiger partial charge >= 0.3 is 0 Å². The third-order valence-electron chi connectivity index (χ3n) is 5.36. The minimum Gasteiger partial charge on any atom is -0.493 e. The predicted molar refractivity (Wildman–Crippen MR) is 143 cm³/mol. The smallest absolute Gasteiger partial charge is 0.296 e. The number of nitro groups is 1. The van der Waals surface area contributed by atoms with Crippen LogP contribution in [-0.4, -0.2) is 35.1 Å². The number of ether oxygens (including phenoxy) is 3. The van der Waals surface area contributed by atoms with Gasteiger partial charge in [0.25, 0.3) is 11.6 Å². The summed E-state index contributed by atoms with van der Waals surface area (Å²) >= 11 is 5.20. The van der Waals surface area contributed by atoms with E-state index in [2.05, 4.69) is 15.6 Å². The van der Waals surface area contributed by atoms with Crippen LogP contribution in [0.4, 0.5) is 11.4 Å². The van der Waals surface area contributed by atoms with Crippen molar-refractivity contribution in [1.82, 2.24) is 10.3 Å². The van der Waals surface area contributed by atoms with Crippen LogP contribution in [0, 0.1) is 17.0 Å². The summed E-state index contributed by atoms with van der Waals surface area (Å²) in [5.74, 6) is 1.20. The van der Waals surface area contributed by atoms with E-state index in [4.69, 9.17) is 26.4 Å². The molecule has 1 heterocycles. The van der Waals surface area contributed by atoms with E-state index in [1.54, 1.807) is 48.7 Å². The summed E-state index contributed by atoms with van der Waals surface area (Å²) in [6.45, 7) is 1.86. The molecule has 0 saturated heterocycles. The minimum absolute atomic E-state index is 0.0792. The summed E-state index contributed by atoms with van der Waals surface area (Å²) in [4.78, 5) is 28.0. The molecule has 0 atom stereocenters. The van der Waals surface area contributed by atoms with Crippen LogP contribution in [0.15, 0.2) is 66.9 Å². The molecule has 2 N–H and O–H groups in total. The lowest BCUT2D eigenvalue weighted by atomic mass is 10.1. The van der Waals surface area contributed by atoms with Crippen LogP contribution >= 0.6 is 12.2 Å². The Kier molecular flexibility index (Phi) is 7.44. The molecule has 37 heavy (non-hydrogen) atoms. The van der Waals surface area contributed by atoms with E-state index in [9.17, 15) is 14.9 Å². The maximum atomic E-state index is 12.5. The van der Waals surface area contributed by atoms with Crippen LogP contribution in [0.3, 0.4) is 0 Å². The van der Waals surface area contributed by atoms with Gasteiger partial charge in [0.15, 0.2) is 16.6 Å².